The number of halogens is 1. The molecule has 6 nitrogen and oxygen atoms in total. The Bertz CT molecular complexity index is 1660. The van der Waals surface area contributed by atoms with Gasteiger partial charge in [-0.05, 0) is 54.1 Å². The van der Waals surface area contributed by atoms with Crippen molar-refractivity contribution in [3.63, 3.8) is 0 Å². The van der Waals surface area contributed by atoms with E-state index in [0.29, 0.717) is 22.4 Å². The first kappa shape index (κ1) is 22.0. The minimum absolute atomic E-state index is 0.118. The molecule has 0 aliphatic rings. The molecule has 0 atom stereocenters. The normalized spacial score (nSPS) is 11.6. The Morgan fingerprint density at radius 2 is 1.56 bits per heavy atom. The van der Waals surface area contributed by atoms with Gasteiger partial charge in [-0.25, -0.2) is 8.42 Å². The third kappa shape index (κ3) is 4.11. The Kier molecular flexibility index (Phi) is 5.51. The van der Waals surface area contributed by atoms with E-state index in [4.69, 9.17) is 16.0 Å². The predicted molar refractivity (Wildman–Crippen MR) is 135 cm³/mol. The van der Waals surface area contributed by atoms with Gasteiger partial charge in [0.25, 0.3) is 15.9 Å². The molecule has 0 spiro atoms. The fourth-order valence-electron chi connectivity index (χ4n) is 3.88. The van der Waals surface area contributed by atoms with E-state index in [9.17, 15) is 13.2 Å². The monoisotopic (exact) mass is 490 g/mol. The summed E-state index contributed by atoms with van der Waals surface area (Å²) in [5.41, 5.74) is 1.44. The summed E-state index contributed by atoms with van der Waals surface area (Å²) in [5.74, 6) is -0.00656. The van der Waals surface area contributed by atoms with Gasteiger partial charge in [-0.3, -0.25) is 9.52 Å². The van der Waals surface area contributed by atoms with Crippen molar-refractivity contribution in [1.29, 1.82) is 0 Å². The molecular weight excluding hydrogens is 472 g/mol. The minimum Gasteiger partial charge on any atom is -0.459 e. The van der Waals surface area contributed by atoms with Crippen LogP contribution in [0.4, 0.5) is 11.4 Å². The van der Waals surface area contributed by atoms with Gasteiger partial charge in [-0.1, -0.05) is 60.1 Å². The van der Waals surface area contributed by atoms with E-state index < -0.39 is 10.0 Å². The molecule has 0 radical (unpaired) electrons. The first-order valence-electron chi connectivity index (χ1n) is 10.4. The molecular formula is C26H19ClN2O4S. The van der Waals surface area contributed by atoms with Crippen molar-refractivity contribution in [1.82, 2.24) is 0 Å². The number of aryl methyl sites for hydroxylation is 1. The second-order valence-corrected chi connectivity index (χ2v) is 9.89. The fourth-order valence-corrected chi connectivity index (χ4v) is 5.21. The Morgan fingerprint density at radius 3 is 2.32 bits per heavy atom. The van der Waals surface area contributed by atoms with Crippen molar-refractivity contribution in [3.8, 4) is 0 Å². The van der Waals surface area contributed by atoms with Crippen LogP contribution >= 0.6 is 11.6 Å². The van der Waals surface area contributed by atoms with Gasteiger partial charge in [0.15, 0.2) is 5.58 Å². The Labute approximate surface area is 201 Å². The van der Waals surface area contributed by atoms with E-state index in [1.54, 1.807) is 43.3 Å². The van der Waals surface area contributed by atoms with Crippen molar-refractivity contribution in [3.05, 3.63) is 101 Å². The predicted octanol–water partition coefficient (Wildman–Crippen LogP) is 6.60. The highest BCUT2D eigenvalue weighted by atomic mass is 35.5. The number of fused-ring (bicyclic) bond motifs is 2. The van der Waals surface area contributed by atoms with Crippen molar-refractivity contribution in [2.24, 2.45) is 0 Å². The average Bonchev–Trinajstić information content (AvgIpc) is 3.15. The smallest absolute Gasteiger partial charge is 0.261 e. The number of anilines is 2. The van der Waals surface area contributed by atoms with Crippen LogP contribution in [0.5, 0.6) is 0 Å². The molecule has 2 N–H and O–H groups in total. The van der Waals surface area contributed by atoms with Gasteiger partial charge in [-0.2, -0.15) is 0 Å². The molecule has 0 aliphatic carbocycles. The average molecular weight is 491 g/mol. The van der Waals surface area contributed by atoms with E-state index in [1.807, 2.05) is 42.5 Å². The number of carbonyl (C=O) groups excluding carboxylic acids is 1. The Morgan fingerprint density at radius 1 is 0.853 bits per heavy atom. The first-order chi connectivity index (χ1) is 16.3. The molecule has 5 aromatic rings. The summed E-state index contributed by atoms with van der Waals surface area (Å²) in [6.07, 6.45) is 0. The zero-order valence-electron chi connectivity index (χ0n) is 18.0. The van der Waals surface area contributed by atoms with E-state index in [1.165, 1.54) is 6.07 Å². The largest absolute Gasteiger partial charge is 0.459 e. The Hall–Kier alpha value is -3.81. The number of amides is 1. The number of hydrogen-bond acceptors (Lipinski definition) is 4. The van der Waals surface area contributed by atoms with Gasteiger partial charge >= 0.3 is 0 Å². The summed E-state index contributed by atoms with van der Waals surface area (Å²) in [6, 6.07) is 24.4. The number of furan rings is 1. The third-order valence-corrected chi connectivity index (χ3v) is 7.12. The van der Waals surface area contributed by atoms with Gasteiger partial charge < -0.3 is 9.73 Å². The maximum absolute atomic E-state index is 13.1. The van der Waals surface area contributed by atoms with E-state index in [2.05, 4.69) is 10.0 Å². The van der Waals surface area contributed by atoms with Crippen molar-refractivity contribution in [2.75, 3.05) is 10.0 Å². The molecule has 170 valence electrons. The van der Waals surface area contributed by atoms with Crippen LogP contribution in [0.2, 0.25) is 5.02 Å². The quantitative estimate of drug-likeness (QED) is 0.290. The van der Waals surface area contributed by atoms with Gasteiger partial charge in [0, 0.05) is 11.1 Å². The molecule has 0 bridgehead atoms. The number of hydrogen-bond donors (Lipinski definition) is 2. The molecule has 1 heterocycles. The van der Waals surface area contributed by atoms with E-state index in [0.717, 1.165) is 10.8 Å². The summed E-state index contributed by atoms with van der Waals surface area (Å²) >= 11 is 6.41. The van der Waals surface area contributed by atoms with E-state index >= 15 is 0 Å². The highest BCUT2D eigenvalue weighted by Crippen LogP contribution is 2.35. The minimum atomic E-state index is -3.90. The molecule has 0 saturated heterocycles. The molecule has 8 heteroatoms. The zero-order valence-corrected chi connectivity index (χ0v) is 19.6. The number of rotatable bonds is 5. The Balaban J connectivity index is 1.52. The zero-order chi connectivity index (χ0) is 23.9. The van der Waals surface area contributed by atoms with Crippen LogP contribution in [0.15, 0.2) is 94.2 Å². The van der Waals surface area contributed by atoms with Gasteiger partial charge in [0.1, 0.15) is 5.76 Å². The summed E-state index contributed by atoms with van der Waals surface area (Å²) in [5, 5.41) is 5.18. The van der Waals surface area contributed by atoms with E-state index in [-0.39, 0.29) is 27.1 Å². The second kappa shape index (κ2) is 8.52. The van der Waals surface area contributed by atoms with Crippen LogP contribution < -0.4 is 10.0 Å². The van der Waals surface area contributed by atoms with Crippen LogP contribution in [-0.4, -0.2) is 14.3 Å². The maximum Gasteiger partial charge on any atom is 0.261 e. The topological polar surface area (TPSA) is 88.4 Å². The number of para-hydroxylation sites is 1. The van der Waals surface area contributed by atoms with Crippen LogP contribution in [0, 0.1) is 6.92 Å². The standard InChI is InChI=1S/C26H19ClN2O4S/c1-16-24(26(30)28-19-9-3-2-4-10-19)22-14-20(15-23(27)25(22)33-16)29-34(31,32)21-12-11-17-7-5-6-8-18(17)13-21/h2-15,29H,1H3,(H,28,30). The van der Waals surface area contributed by atoms with Gasteiger partial charge in [0.05, 0.1) is 21.2 Å². The van der Waals surface area contributed by atoms with Gasteiger partial charge in [-0.15, -0.1) is 0 Å². The van der Waals surface area contributed by atoms with Crippen LogP contribution in [-0.2, 0) is 10.0 Å². The lowest BCUT2D eigenvalue weighted by molar-refractivity contribution is 0.102. The fraction of sp³-hybridized carbons (Fsp3) is 0.0385. The molecule has 0 aliphatic heterocycles. The molecule has 5 rings (SSSR count). The summed E-state index contributed by atoms with van der Waals surface area (Å²) in [4.78, 5) is 13.1. The maximum atomic E-state index is 13.1. The van der Waals surface area contributed by atoms with Crippen LogP contribution in [0.25, 0.3) is 21.7 Å². The lowest BCUT2D eigenvalue weighted by Crippen LogP contribution is -2.14. The molecule has 4 aromatic carbocycles. The molecule has 0 saturated carbocycles. The van der Waals surface area contributed by atoms with Crippen molar-refractivity contribution < 1.29 is 17.6 Å². The van der Waals surface area contributed by atoms with Gasteiger partial charge in [0.2, 0.25) is 0 Å². The first-order valence-corrected chi connectivity index (χ1v) is 12.3. The highest BCUT2D eigenvalue weighted by molar-refractivity contribution is 7.92. The summed E-state index contributed by atoms with van der Waals surface area (Å²) in [7, 11) is -3.90. The molecule has 0 fully saturated rings. The number of carbonyl (C=O) groups is 1. The van der Waals surface area contributed by atoms with Crippen LogP contribution in [0.3, 0.4) is 0 Å². The highest BCUT2D eigenvalue weighted by Gasteiger charge is 2.22. The number of nitrogens with one attached hydrogen (secondary N) is 2. The molecule has 1 aromatic heterocycles. The van der Waals surface area contributed by atoms with Crippen molar-refractivity contribution >= 4 is 60.6 Å². The summed E-state index contributed by atoms with van der Waals surface area (Å²) < 4.78 is 34.5. The summed E-state index contributed by atoms with van der Waals surface area (Å²) in [6.45, 7) is 1.66. The molecule has 0 unspecified atom stereocenters. The number of sulfonamides is 1. The third-order valence-electron chi connectivity index (χ3n) is 5.46. The lowest BCUT2D eigenvalue weighted by atomic mass is 10.1. The van der Waals surface area contributed by atoms with Crippen LogP contribution in [0.1, 0.15) is 16.1 Å². The number of benzene rings is 4. The molecule has 1 amide bonds. The second-order valence-electron chi connectivity index (χ2n) is 7.80. The van der Waals surface area contributed by atoms with Crippen molar-refractivity contribution in [2.45, 2.75) is 11.8 Å². The lowest BCUT2D eigenvalue weighted by Gasteiger charge is -2.10. The SMILES string of the molecule is Cc1oc2c(Cl)cc(NS(=O)(=O)c3ccc4ccccc4c3)cc2c1C(=O)Nc1ccccc1. The molecule has 34 heavy (non-hydrogen) atoms.